The summed E-state index contributed by atoms with van der Waals surface area (Å²) in [6.45, 7) is 5.70. The van der Waals surface area contributed by atoms with Gasteiger partial charge in [0.25, 0.3) is 0 Å². The lowest BCUT2D eigenvalue weighted by Crippen LogP contribution is -2.35. The van der Waals surface area contributed by atoms with Crippen LogP contribution in [0.25, 0.3) is 0 Å². The van der Waals surface area contributed by atoms with Gasteiger partial charge in [0.1, 0.15) is 0 Å². The Morgan fingerprint density at radius 2 is 2.00 bits per heavy atom. The van der Waals surface area contributed by atoms with Crippen LogP contribution in [0, 0.1) is 0 Å². The lowest BCUT2D eigenvalue weighted by atomic mass is 10.00. The fraction of sp³-hybridized carbons (Fsp3) is 0.667. The third-order valence-corrected chi connectivity index (χ3v) is 4.66. The van der Waals surface area contributed by atoms with Crippen LogP contribution in [0.3, 0.4) is 0 Å². The van der Waals surface area contributed by atoms with E-state index in [1.165, 1.54) is 49.9 Å². The van der Waals surface area contributed by atoms with Crippen molar-refractivity contribution in [3.05, 3.63) is 29.8 Å². The molecule has 0 spiro atoms. The summed E-state index contributed by atoms with van der Waals surface area (Å²) in [6.07, 6.45) is 8.71. The number of hydrogen-bond donors (Lipinski definition) is 1. The molecule has 20 heavy (non-hydrogen) atoms. The van der Waals surface area contributed by atoms with E-state index in [-0.39, 0.29) is 6.04 Å². The van der Waals surface area contributed by atoms with Gasteiger partial charge in [-0.25, -0.2) is 0 Å². The van der Waals surface area contributed by atoms with Gasteiger partial charge in [-0.15, -0.1) is 0 Å². The Kier molecular flexibility index (Phi) is 5.90. The number of anilines is 1. The van der Waals surface area contributed by atoms with Crippen molar-refractivity contribution in [2.75, 3.05) is 11.4 Å². The van der Waals surface area contributed by atoms with Gasteiger partial charge in [-0.3, -0.25) is 0 Å². The molecule has 0 bridgehead atoms. The molecule has 112 valence electrons. The lowest BCUT2D eigenvalue weighted by Gasteiger charge is -2.33. The zero-order valence-electron chi connectivity index (χ0n) is 13.1. The molecule has 2 heteroatoms. The van der Waals surface area contributed by atoms with Crippen LogP contribution in [0.15, 0.2) is 24.3 Å². The quantitative estimate of drug-likeness (QED) is 0.875. The fourth-order valence-electron chi connectivity index (χ4n) is 3.31. The van der Waals surface area contributed by atoms with E-state index in [2.05, 4.69) is 43.0 Å². The van der Waals surface area contributed by atoms with E-state index in [9.17, 15) is 0 Å². The largest absolute Gasteiger partial charge is 0.368 e. The summed E-state index contributed by atoms with van der Waals surface area (Å²) in [5.74, 6) is 0. The molecule has 0 radical (unpaired) electrons. The van der Waals surface area contributed by atoms with Gasteiger partial charge in [-0.2, -0.15) is 0 Å². The highest BCUT2D eigenvalue weighted by Crippen LogP contribution is 2.29. The Morgan fingerprint density at radius 3 is 2.75 bits per heavy atom. The first-order valence-electron chi connectivity index (χ1n) is 8.36. The van der Waals surface area contributed by atoms with Crippen LogP contribution in [0.1, 0.15) is 57.9 Å². The predicted molar refractivity (Wildman–Crippen MR) is 88.3 cm³/mol. The molecule has 1 aliphatic heterocycles. The minimum absolute atomic E-state index is 0.281. The second kappa shape index (κ2) is 7.68. The summed E-state index contributed by atoms with van der Waals surface area (Å²) in [5.41, 5.74) is 9.05. The van der Waals surface area contributed by atoms with E-state index in [1.807, 2.05) is 0 Å². The van der Waals surface area contributed by atoms with Crippen molar-refractivity contribution >= 4 is 5.69 Å². The average molecular weight is 274 g/mol. The van der Waals surface area contributed by atoms with Crippen LogP contribution >= 0.6 is 0 Å². The number of benzene rings is 1. The maximum atomic E-state index is 6.18. The molecule has 0 aromatic heterocycles. The SMILES string of the molecule is CCC(N)Cc1ccccc1N1CCCCCC1CC. The molecule has 1 fully saturated rings. The van der Waals surface area contributed by atoms with Gasteiger partial charge in [0.2, 0.25) is 0 Å². The summed E-state index contributed by atoms with van der Waals surface area (Å²) in [5, 5.41) is 0. The summed E-state index contributed by atoms with van der Waals surface area (Å²) >= 11 is 0. The lowest BCUT2D eigenvalue weighted by molar-refractivity contribution is 0.553. The highest BCUT2D eigenvalue weighted by atomic mass is 15.2. The number of nitrogens with zero attached hydrogens (tertiary/aromatic N) is 1. The predicted octanol–water partition coefficient (Wildman–Crippen LogP) is 4.13. The first-order chi connectivity index (χ1) is 9.76. The molecule has 0 amide bonds. The minimum Gasteiger partial charge on any atom is -0.368 e. The van der Waals surface area contributed by atoms with Crippen LogP contribution in [-0.2, 0) is 6.42 Å². The van der Waals surface area contributed by atoms with E-state index in [0.717, 1.165) is 12.8 Å². The van der Waals surface area contributed by atoms with Crippen LogP contribution in [0.2, 0.25) is 0 Å². The normalized spacial score (nSPS) is 21.6. The van der Waals surface area contributed by atoms with Crippen molar-refractivity contribution in [2.24, 2.45) is 5.73 Å². The van der Waals surface area contributed by atoms with Crippen molar-refractivity contribution in [3.8, 4) is 0 Å². The topological polar surface area (TPSA) is 29.3 Å². The van der Waals surface area contributed by atoms with E-state index >= 15 is 0 Å². The standard InChI is InChI=1S/C18H30N2/c1-3-16(19)14-15-10-7-8-12-18(15)20-13-9-5-6-11-17(20)4-2/h7-8,10,12,16-17H,3-6,9,11,13-14,19H2,1-2H3. The molecule has 2 nitrogen and oxygen atoms in total. The van der Waals surface area contributed by atoms with Gasteiger partial charge in [0.05, 0.1) is 0 Å². The summed E-state index contributed by atoms with van der Waals surface area (Å²) in [7, 11) is 0. The second-order valence-electron chi connectivity index (χ2n) is 6.11. The van der Waals surface area contributed by atoms with Crippen molar-refractivity contribution in [3.63, 3.8) is 0 Å². The van der Waals surface area contributed by atoms with Crippen LogP contribution in [0.4, 0.5) is 5.69 Å². The Bertz CT molecular complexity index is 402. The first kappa shape index (κ1) is 15.4. The van der Waals surface area contributed by atoms with Crippen molar-refractivity contribution in [2.45, 2.75) is 70.9 Å². The molecule has 2 N–H and O–H groups in total. The highest BCUT2D eigenvalue weighted by molar-refractivity contribution is 5.55. The van der Waals surface area contributed by atoms with Gasteiger partial charge in [0.15, 0.2) is 0 Å². The molecule has 1 saturated heterocycles. The molecule has 0 aliphatic carbocycles. The third kappa shape index (κ3) is 3.76. The highest BCUT2D eigenvalue weighted by Gasteiger charge is 2.21. The van der Waals surface area contributed by atoms with E-state index in [4.69, 9.17) is 5.73 Å². The maximum absolute atomic E-state index is 6.18. The molecule has 1 aromatic rings. The fourth-order valence-corrected chi connectivity index (χ4v) is 3.31. The first-order valence-corrected chi connectivity index (χ1v) is 8.36. The van der Waals surface area contributed by atoms with Gasteiger partial charge in [0, 0.05) is 24.3 Å². The summed E-state index contributed by atoms with van der Waals surface area (Å²) < 4.78 is 0. The van der Waals surface area contributed by atoms with Crippen molar-refractivity contribution < 1.29 is 0 Å². The number of rotatable bonds is 5. The Labute approximate surface area is 124 Å². The molecule has 2 rings (SSSR count). The zero-order chi connectivity index (χ0) is 14.4. The maximum Gasteiger partial charge on any atom is 0.0401 e. The zero-order valence-corrected chi connectivity index (χ0v) is 13.1. The van der Waals surface area contributed by atoms with Crippen molar-refractivity contribution in [1.29, 1.82) is 0 Å². The van der Waals surface area contributed by atoms with Gasteiger partial charge in [-0.05, 0) is 43.7 Å². The Balaban J connectivity index is 2.24. The average Bonchev–Trinajstić information content (AvgIpc) is 2.72. The second-order valence-corrected chi connectivity index (χ2v) is 6.11. The molecule has 2 atom stereocenters. The minimum atomic E-state index is 0.281. The monoisotopic (exact) mass is 274 g/mol. The molecule has 0 saturated carbocycles. The molecular weight excluding hydrogens is 244 g/mol. The molecular formula is C18H30N2. The van der Waals surface area contributed by atoms with Gasteiger partial charge >= 0.3 is 0 Å². The number of para-hydroxylation sites is 1. The molecule has 1 aromatic carbocycles. The van der Waals surface area contributed by atoms with E-state index < -0.39 is 0 Å². The number of hydrogen-bond acceptors (Lipinski definition) is 2. The summed E-state index contributed by atoms with van der Waals surface area (Å²) in [4.78, 5) is 2.66. The molecule has 1 aliphatic rings. The van der Waals surface area contributed by atoms with Crippen LogP contribution in [0.5, 0.6) is 0 Å². The van der Waals surface area contributed by atoms with Crippen LogP contribution in [-0.4, -0.2) is 18.6 Å². The summed E-state index contributed by atoms with van der Waals surface area (Å²) in [6, 6.07) is 9.88. The van der Waals surface area contributed by atoms with Gasteiger partial charge < -0.3 is 10.6 Å². The van der Waals surface area contributed by atoms with E-state index in [1.54, 1.807) is 0 Å². The molecule has 2 unspecified atom stereocenters. The Hall–Kier alpha value is -1.02. The van der Waals surface area contributed by atoms with E-state index in [0.29, 0.717) is 6.04 Å². The van der Waals surface area contributed by atoms with Gasteiger partial charge in [-0.1, -0.05) is 44.9 Å². The Morgan fingerprint density at radius 1 is 1.20 bits per heavy atom. The third-order valence-electron chi connectivity index (χ3n) is 4.66. The van der Waals surface area contributed by atoms with Crippen LogP contribution < -0.4 is 10.6 Å². The number of nitrogens with two attached hydrogens (primary N) is 1. The smallest absolute Gasteiger partial charge is 0.0401 e. The van der Waals surface area contributed by atoms with Crippen molar-refractivity contribution in [1.82, 2.24) is 0 Å². The molecule has 1 heterocycles.